The fourth-order valence-electron chi connectivity index (χ4n) is 2.17. The Morgan fingerprint density at radius 1 is 1.53 bits per heavy atom. The second-order valence-electron chi connectivity index (χ2n) is 4.55. The highest BCUT2D eigenvalue weighted by molar-refractivity contribution is 5.79. The van der Waals surface area contributed by atoms with Crippen molar-refractivity contribution in [2.45, 2.75) is 45.1 Å². The van der Waals surface area contributed by atoms with Gasteiger partial charge in [0.2, 0.25) is 0 Å². The average molecular weight is 243 g/mol. The first-order valence-corrected chi connectivity index (χ1v) is 6.56. The predicted molar refractivity (Wildman–Crippen MR) is 68.3 cm³/mol. The molecule has 1 rings (SSSR count). The van der Waals surface area contributed by atoms with Gasteiger partial charge in [-0.15, -0.1) is 0 Å². The maximum atomic E-state index is 8.47. The molecule has 1 saturated heterocycles. The second kappa shape index (κ2) is 8.31. The monoisotopic (exact) mass is 243 g/mol. The summed E-state index contributed by atoms with van der Waals surface area (Å²) in [5.74, 6) is 0.308. The molecule has 17 heavy (non-hydrogen) atoms. The Morgan fingerprint density at radius 2 is 2.35 bits per heavy atom. The Kier molecular flexibility index (Phi) is 6.96. The molecule has 0 bridgehead atoms. The van der Waals surface area contributed by atoms with E-state index in [1.165, 1.54) is 12.8 Å². The van der Waals surface area contributed by atoms with Crippen LogP contribution in [0, 0.1) is 0 Å². The van der Waals surface area contributed by atoms with Gasteiger partial charge in [-0.25, -0.2) is 0 Å². The van der Waals surface area contributed by atoms with Gasteiger partial charge in [0.15, 0.2) is 0 Å². The van der Waals surface area contributed by atoms with E-state index in [9.17, 15) is 0 Å². The van der Waals surface area contributed by atoms with Crippen molar-refractivity contribution in [1.29, 1.82) is 0 Å². The van der Waals surface area contributed by atoms with E-state index in [1.54, 1.807) is 0 Å². The van der Waals surface area contributed by atoms with Crippen LogP contribution in [0.4, 0.5) is 0 Å². The van der Waals surface area contributed by atoms with Crippen molar-refractivity contribution in [3.8, 4) is 0 Å². The molecule has 1 unspecified atom stereocenters. The lowest BCUT2D eigenvalue weighted by Crippen LogP contribution is -2.29. The maximum absolute atomic E-state index is 8.47. The van der Waals surface area contributed by atoms with Crippen LogP contribution in [0.5, 0.6) is 0 Å². The maximum Gasteiger partial charge on any atom is 0.140 e. The zero-order valence-corrected chi connectivity index (χ0v) is 10.8. The molecule has 1 atom stereocenters. The summed E-state index contributed by atoms with van der Waals surface area (Å²) in [5.41, 5.74) is 5.46. The van der Waals surface area contributed by atoms with E-state index >= 15 is 0 Å². The molecular weight excluding hydrogens is 218 g/mol. The summed E-state index contributed by atoms with van der Waals surface area (Å²) in [6.07, 6.45) is 5.86. The van der Waals surface area contributed by atoms with Crippen LogP contribution < -0.4 is 5.73 Å². The molecular formula is C12H25N3O2. The Bertz CT molecular complexity index is 228. The summed E-state index contributed by atoms with van der Waals surface area (Å²) < 4.78 is 5.59. The molecule has 0 aromatic heterocycles. The fraction of sp³-hybridized carbons (Fsp3) is 0.917. The molecule has 0 amide bonds. The van der Waals surface area contributed by atoms with Gasteiger partial charge in [0.25, 0.3) is 0 Å². The molecule has 100 valence electrons. The third-order valence-electron chi connectivity index (χ3n) is 3.28. The van der Waals surface area contributed by atoms with E-state index in [1.807, 2.05) is 0 Å². The van der Waals surface area contributed by atoms with Gasteiger partial charge in [0, 0.05) is 19.6 Å². The van der Waals surface area contributed by atoms with Crippen LogP contribution in [0.3, 0.4) is 0 Å². The zero-order valence-electron chi connectivity index (χ0n) is 10.8. The highest BCUT2D eigenvalue weighted by atomic mass is 16.5. The van der Waals surface area contributed by atoms with Crippen LogP contribution in [0.25, 0.3) is 0 Å². The summed E-state index contributed by atoms with van der Waals surface area (Å²) in [6, 6.07) is 0. The van der Waals surface area contributed by atoms with Crippen LogP contribution in [0.1, 0.15) is 39.0 Å². The summed E-state index contributed by atoms with van der Waals surface area (Å²) in [6.45, 7) is 6.00. The van der Waals surface area contributed by atoms with E-state index in [4.69, 9.17) is 15.7 Å². The first kappa shape index (κ1) is 14.3. The zero-order chi connectivity index (χ0) is 12.5. The molecule has 5 heteroatoms. The van der Waals surface area contributed by atoms with Gasteiger partial charge >= 0.3 is 0 Å². The van der Waals surface area contributed by atoms with Crippen LogP contribution in [0.2, 0.25) is 0 Å². The van der Waals surface area contributed by atoms with Gasteiger partial charge in [0.1, 0.15) is 5.84 Å². The molecule has 1 aliphatic heterocycles. The van der Waals surface area contributed by atoms with Gasteiger partial charge in [-0.3, -0.25) is 0 Å². The van der Waals surface area contributed by atoms with Crippen molar-refractivity contribution in [1.82, 2.24) is 4.90 Å². The van der Waals surface area contributed by atoms with Crippen molar-refractivity contribution in [2.24, 2.45) is 10.9 Å². The minimum Gasteiger partial charge on any atom is -0.409 e. The molecule has 1 aliphatic rings. The smallest absolute Gasteiger partial charge is 0.140 e. The van der Waals surface area contributed by atoms with Gasteiger partial charge in [-0.2, -0.15) is 0 Å². The lowest BCUT2D eigenvalue weighted by atomic mass is 10.1. The SMILES string of the molecule is CCN(CCCC1CCCO1)CCC(N)=NO. The second-order valence-corrected chi connectivity index (χ2v) is 4.55. The number of oxime groups is 1. The predicted octanol–water partition coefficient (Wildman–Crippen LogP) is 1.40. The van der Waals surface area contributed by atoms with Crippen LogP contribution >= 0.6 is 0 Å². The summed E-state index contributed by atoms with van der Waals surface area (Å²) in [7, 11) is 0. The molecule has 0 aliphatic carbocycles. The minimum absolute atomic E-state index is 0.308. The number of nitrogens with two attached hydrogens (primary N) is 1. The summed E-state index contributed by atoms with van der Waals surface area (Å²) in [4.78, 5) is 2.33. The molecule has 0 aromatic rings. The molecule has 3 N–H and O–H groups in total. The topological polar surface area (TPSA) is 71.1 Å². The molecule has 0 aromatic carbocycles. The first-order valence-electron chi connectivity index (χ1n) is 6.56. The number of amidine groups is 1. The Labute approximate surface area is 104 Å². The molecule has 0 saturated carbocycles. The van der Waals surface area contributed by atoms with Crippen molar-refractivity contribution in [3.63, 3.8) is 0 Å². The van der Waals surface area contributed by atoms with Crippen LogP contribution in [0.15, 0.2) is 5.16 Å². The van der Waals surface area contributed by atoms with Crippen LogP contribution in [-0.4, -0.2) is 48.3 Å². The Balaban J connectivity index is 2.09. The summed E-state index contributed by atoms with van der Waals surface area (Å²) in [5, 5.41) is 11.5. The molecule has 5 nitrogen and oxygen atoms in total. The molecule has 0 spiro atoms. The van der Waals surface area contributed by atoms with E-state index < -0.39 is 0 Å². The van der Waals surface area contributed by atoms with Gasteiger partial charge < -0.3 is 20.6 Å². The van der Waals surface area contributed by atoms with E-state index in [-0.39, 0.29) is 0 Å². The number of nitrogens with zero attached hydrogens (tertiary/aromatic N) is 2. The lowest BCUT2D eigenvalue weighted by molar-refractivity contribution is 0.0990. The lowest BCUT2D eigenvalue weighted by Gasteiger charge is -2.20. The van der Waals surface area contributed by atoms with Gasteiger partial charge in [-0.05, 0) is 38.8 Å². The van der Waals surface area contributed by atoms with Crippen LogP contribution in [-0.2, 0) is 4.74 Å². The standard InChI is InChI=1S/C12H25N3O2/c1-2-15(9-7-12(13)14-16)8-3-5-11-6-4-10-17-11/h11,16H,2-10H2,1H3,(H2,13,14). The number of hydrogen-bond acceptors (Lipinski definition) is 4. The molecule has 0 radical (unpaired) electrons. The van der Waals surface area contributed by atoms with E-state index in [0.717, 1.165) is 39.1 Å². The third-order valence-corrected chi connectivity index (χ3v) is 3.28. The molecule has 1 heterocycles. The highest BCUT2D eigenvalue weighted by Crippen LogP contribution is 2.16. The minimum atomic E-state index is 0.308. The van der Waals surface area contributed by atoms with Gasteiger partial charge in [0.05, 0.1) is 6.10 Å². The number of ether oxygens (including phenoxy) is 1. The Hall–Kier alpha value is -0.810. The van der Waals surface area contributed by atoms with Crippen molar-refractivity contribution in [2.75, 3.05) is 26.2 Å². The summed E-state index contributed by atoms with van der Waals surface area (Å²) >= 11 is 0. The average Bonchev–Trinajstić information content (AvgIpc) is 2.86. The van der Waals surface area contributed by atoms with Crippen molar-refractivity contribution >= 4 is 5.84 Å². The van der Waals surface area contributed by atoms with Crippen molar-refractivity contribution in [3.05, 3.63) is 0 Å². The quantitative estimate of drug-likeness (QED) is 0.292. The fourth-order valence-corrected chi connectivity index (χ4v) is 2.17. The van der Waals surface area contributed by atoms with E-state index in [0.29, 0.717) is 18.4 Å². The number of hydrogen-bond donors (Lipinski definition) is 2. The first-order chi connectivity index (χ1) is 8.26. The van der Waals surface area contributed by atoms with E-state index in [2.05, 4.69) is 17.0 Å². The third kappa shape index (κ3) is 5.89. The Morgan fingerprint density at radius 3 is 2.94 bits per heavy atom. The number of rotatable bonds is 8. The normalized spacial score (nSPS) is 21.3. The van der Waals surface area contributed by atoms with Crippen molar-refractivity contribution < 1.29 is 9.94 Å². The largest absolute Gasteiger partial charge is 0.409 e. The highest BCUT2D eigenvalue weighted by Gasteiger charge is 2.15. The van der Waals surface area contributed by atoms with Gasteiger partial charge in [-0.1, -0.05) is 12.1 Å². The molecule has 1 fully saturated rings.